The van der Waals surface area contributed by atoms with Crippen molar-refractivity contribution in [3.05, 3.63) is 0 Å². The Labute approximate surface area is 108 Å². The smallest absolute Gasteiger partial charge is 0.154 e. The molecule has 2 saturated heterocycles. The van der Waals surface area contributed by atoms with Crippen molar-refractivity contribution in [3.8, 4) is 0 Å². The van der Waals surface area contributed by atoms with E-state index in [1.165, 1.54) is 0 Å². The first kappa shape index (κ1) is 14.0. The highest BCUT2D eigenvalue weighted by molar-refractivity contribution is 7.91. The number of carbonyl (C=O) groups is 1. The number of nitrogens with zero attached hydrogens (tertiary/aromatic N) is 1. The zero-order valence-electron chi connectivity index (χ0n) is 10.7. The highest BCUT2D eigenvalue weighted by atomic mass is 32.2. The summed E-state index contributed by atoms with van der Waals surface area (Å²) in [7, 11) is -3.12. The summed E-state index contributed by atoms with van der Waals surface area (Å²) >= 11 is 0. The molecular weight excluding hydrogens is 254 g/mol. The van der Waals surface area contributed by atoms with Gasteiger partial charge < -0.3 is 5.11 Å². The summed E-state index contributed by atoms with van der Waals surface area (Å²) in [4.78, 5) is 13.3. The van der Waals surface area contributed by atoms with Crippen molar-refractivity contribution in [3.63, 3.8) is 0 Å². The van der Waals surface area contributed by atoms with Crippen LogP contribution in [0.1, 0.15) is 32.6 Å². The molecule has 0 radical (unpaired) electrons. The Morgan fingerprint density at radius 2 is 2.06 bits per heavy atom. The molecule has 2 aliphatic rings. The van der Waals surface area contributed by atoms with Crippen LogP contribution in [0, 0.1) is 0 Å². The number of aliphatic hydroxyl groups is 1. The molecule has 0 spiro atoms. The summed E-state index contributed by atoms with van der Waals surface area (Å²) in [5.74, 6) is 0.0195. The van der Waals surface area contributed by atoms with Crippen molar-refractivity contribution in [1.82, 2.24) is 4.90 Å². The Balaban J connectivity index is 2.11. The molecule has 1 N–H and O–H groups in total. The van der Waals surface area contributed by atoms with Crippen LogP contribution in [0.15, 0.2) is 0 Å². The van der Waals surface area contributed by atoms with Crippen molar-refractivity contribution >= 4 is 15.6 Å². The first-order valence-electron chi connectivity index (χ1n) is 6.53. The Hall–Kier alpha value is -0.460. The summed E-state index contributed by atoms with van der Waals surface area (Å²) in [6, 6.07) is -0.219. The zero-order valence-corrected chi connectivity index (χ0v) is 11.5. The maximum atomic E-state index is 11.6. The SMILES string of the molecule is CC(=O)CC1CCCCN1C1CS(=O)(=O)CC1O. The van der Waals surface area contributed by atoms with Crippen LogP contribution in [0.25, 0.3) is 0 Å². The van der Waals surface area contributed by atoms with Crippen LogP contribution in [0.4, 0.5) is 0 Å². The lowest BCUT2D eigenvalue weighted by Gasteiger charge is -2.40. The Morgan fingerprint density at radius 3 is 2.61 bits per heavy atom. The van der Waals surface area contributed by atoms with Crippen molar-refractivity contribution in [2.75, 3.05) is 18.1 Å². The van der Waals surface area contributed by atoms with Gasteiger partial charge in [-0.05, 0) is 26.3 Å². The van der Waals surface area contributed by atoms with Crippen LogP contribution in [0.3, 0.4) is 0 Å². The first-order valence-corrected chi connectivity index (χ1v) is 8.35. The third kappa shape index (κ3) is 3.10. The lowest BCUT2D eigenvalue weighted by molar-refractivity contribution is -0.119. The lowest BCUT2D eigenvalue weighted by Crippen LogP contribution is -2.51. The number of rotatable bonds is 3. The van der Waals surface area contributed by atoms with E-state index in [9.17, 15) is 18.3 Å². The monoisotopic (exact) mass is 275 g/mol. The van der Waals surface area contributed by atoms with E-state index in [-0.39, 0.29) is 29.4 Å². The van der Waals surface area contributed by atoms with Crippen molar-refractivity contribution in [2.45, 2.75) is 50.8 Å². The quantitative estimate of drug-likeness (QED) is 0.783. The molecule has 0 amide bonds. The molecule has 2 fully saturated rings. The Bertz CT molecular complexity index is 420. The Kier molecular flexibility index (Phi) is 4.08. The van der Waals surface area contributed by atoms with Crippen LogP contribution < -0.4 is 0 Å². The Morgan fingerprint density at radius 1 is 1.33 bits per heavy atom. The van der Waals surface area contributed by atoms with Crippen molar-refractivity contribution in [2.24, 2.45) is 0 Å². The molecule has 0 aromatic heterocycles. The predicted molar refractivity (Wildman–Crippen MR) is 68.1 cm³/mol. The van der Waals surface area contributed by atoms with Gasteiger partial charge in [0, 0.05) is 12.5 Å². The average molecular weight is 275 g/mol. The van der Waals surface area contributed by atoms with Gasteiger partial charge in [0.25, 0.3) is 0 Å². The van der Waals surface area contributed by atoms with E-state index in [0.717, 1.165) is 25.8 Å². The molecule has 2 heterocycles. The molecule has 5 nitrogen and oxygen atoms in total. The minimum Gasteiger partial charge on any atom is -0.390 e. The van der Waals surface area contributed by atoms with Gasteiger partial charge in [-0.3, -0.25) is 9.69 Å². The summed E-state index contributed by atoms with van der Waals surface area (Å²) < 4.78 is 23.1. The molecule has 3 atom stereocenters. The van der Waals surface area contributed by atoms with E-state index in [0.29, 0.717) is 6.42 Å². The summed E-state index contributed by atoms with van der Waals surface area (Å²) in [5, 5.41) is 9.92. The highest BCUT2D eigenvalue weighted by Gasteiger charge is 2.42. The molecule has 2 rings (SSSR count). The number of ketones is 1. The second-order valence-electron chi connectivity index (χ2n) is 5.51. The van der Waals surface area contributed by atoms with Gasteiger partial charge in [0.1, 0.15) is 5.78 Å². The number of Topliss-reactive ketones (excluding diaryl/α,β-unsaturated/α-hetero) is 1. The molecule has 6 heteroatoms. The fourth-order valence-electron chi connectivity index (χ4n) is 3.14. The summed E-state index contributed by atoms with van der Waals surface area (Å²) in [6.07, 6.45) is 2.66. The van der Waals surface area contributed by atoms with E-state index in [4.69, 9.17) is 0 Å². The number of piperidine rings is 1. The molecule has 0 aliphatic carbocycles. The van der Waals surface area contributed by atoms with E-state index < -0.39 is 15.9 Å². The zero-order chi connectivity index (χ0) is 13.3. The molecular formula is C12H21NO4S. The van der Waals surface area contributed by atoms with E-state index >= 15 is 0 Å². The van der Waals surface area contributed by atoms with Gasteiger partial charge in [-0.2, -0.15) is 0 Å². The second kappa shape index (κ2) is 5.27. The molecule has 2 aliphatic heterocycles. The largest absolute Gasteiger partial charge is 0.390 e. The first-order chi connectivity index (χ1) is 8.39. The minimum atomic E-state index is -3.12. The van der Waals surface area contributed by atoms with Gasteiger partial charge in [0.15, 0.2) is 9.84 Å². The van der Waals surface area contributed by atoms with Gasteiger partial charge in [-0.25, -0.2) is 8.42 Å². The van der Waals surface area contributed by atoms with Crippen molar-refractivity contribution < 1.29 is 18.3 Å². The summed E-state index contributed by atoms with van der Waals surface area (Å²) in [5.41, 5.74) is 0. The van der Waals surface area contributed by atoms with Crippen LogP contribution >= 0.6 is 0 Å². The van der Waals surface area contributed by atoms with Crippen LogP contribution in [0.2, 0.25) is 0 Å². The summed E-state index contributed by atoms with van der Waals surface area (Å²) in [6.45, 7) is 2.35. The number of aliphatic hydroxyl groups excluding tert-OH is 1. The predicted octanol–water partition coefficient (Wildman–Crippen LogP) is -0.0221. The van der Waals surface area contributed by atoms with Gasteiger partial charge in [0.05, 0.1) is 23.7 Å². The molecule has 0 saturated carbocycles. The van der Waals surface area contributed by atoms with Crippen LogP contribution in [-0.2, 0) is 14.6 Å². The fourth-order valence-corrected chi connectivity index (χ4v) is 4.95. The molecule has 0 aromatic rings. The van der Waals surface area contributed by atoms with Gasteiger partial charge in [-0.1, -0.05) is 6.42 Å². The molecule has 104 valence electrons. The molecule has 18 heavy (non-hydrogen) atoms. The van der Waals surface area contributed by atoms with Crippen LogP contribution in [0.5, 0.6) is 0 Å². The topological polar surface area (TPSA) is 74.7 Å². The average Bonchev–Trinajstić information content (AvgIpc) is 2.52. The van der Waals surface area contributed by atoms with Crippen LogP contribution in [-0.4, -0.2) is 60.4 Å². The molecule has 0 bridgehead atoms. The van der Waals surface area contributed by atoms with Gasteiger partial charge >= 0.3 is 0 Å². The van der Waals surface area contributed by atoms with Gasteiger partial charge in [-0.15, -0.1) is 0 Å². The van der Waals surface area contributed by atoms with E-state index in [2.05, 4.69) is 4.90 Å². The van der Waals surface area contributed by atoms with E-state index in [1.54, 1.807) is 6.92 Å². The third-order valence-electron chi connectivity index (χ3n) is 3.92. The number of hydrogen-bond donors (Lipinski definition) is 1. The number of hydrogen-bond acceptors (Lipinski definition) is 5. The maximum Gasteiger partial charge on any atom is 0.154 e. The molecule has 3 unspecified atom stereocenters. The second-order valence-corrected chi connectivity index (χ2v) is 7.66. The normalized spacial score (nSPS) is 36.7. The molecule has 0 aromatic carbocycles. The number of sulfone groups is 1. The van der Waals surface area contributed by atoms with Crippen molar-refractivity contribution in [1.29, 1.82) is 0 Å². The highest BCUT2D eigenvalue weighted by Crippen LogP contribution is 2.27. The fraction of sp³-hybridized carbons (Fsp3) is 0.917. The standard InChI is InChI=1S/C12H21NO4S/c1-9(14)6-10-4-2-3-5-13(10)11-7-18(16,17)8-12(11)15/h10-12,15H,2-8H2,1H3. The van der Waals surface area contributed by atoms with Gasteiger partial charge in [0.2, 0.25) is 0 Å². The third-order valence-corrected chi connectivity index (χ3v) is 5.61. The lowest BCUT2D eigenvalue weighted by atomic mass is 9.95. The minimum absolute atomic E-state index is 0.0303. The number of likely N-dealkylation sites (tertiary alicyclic amines) is 1. The maximum absolute atomic E-state index is 11.6. The number of carbonyl (C=O) groups excluding carboxylic acids is 1. The van der Waals surface area contributed by atoms with E-state index in [1.807, 2.05) is 0 Å².